The van der Waals surface area contributed by atoms with E-state index in [-0.39, 0.29) is 0 Å². The van der Waals surface area contributed by atoms with E-state index in [4.69, 9.17) is 5.73 Å². The number of nitrogen functional groups attached to an aromatic ring is 1. The van der Waals surface area contributed by atoms with Crippen molar-refractivity contribution in [1.82, 2.24) is 10.3 Å². The molecule has 1 aliphatic rings. The van der Waals surface area contributed by atoms with Crippen molar-refractivity contribution in [3.8, 4) is 0 Å². The molecule has 4 nitrogen and oxygen atoms in total. The molecule has 0 aromatic carbocycles. The number of hydrogen-bond acceptors (Lipinski definition) is 4. The summed E-state index contributed by atoms with van der Waals surface area (Å²) in [5, 5.41) is 3.29. The zero-order chi connectivity index (χ0) is 9.97. The minimum Gasteiger partial charge on any atom is -0.384 e. The van der Waals surface area contributed by atoms with Crippen LogP contribution < -0.4 is 16.0 Å². The molecule has 1 atom stereocenters. The van der Waals surface area contributed by atoms with Crippen LogP contribution in [0.1, 0.15) is 6.42 Å². The van der Waals surface area contributed by atoms with Gasteiger partial charge in [0.2, 0.25) is 0 Å². The Kier molecular flexibility index (Phi) is 2.54. The Morgan fingerprint density at radius 1 is 1.57 bits per heavy atom. The molecule has 1 aromatic heterocycles. The maximum absolute atomic E-state index is 5.54. The number of hydrogen-bond donors (Lipinski definition) is 2. The molecule has 1 aromatic rings. The molecule has 14 heavy (non-hydrogen) atoms. The average molecular weight is 192 g/mol. The standard InChI is InChI=1S/C10H16N4/c1-12-8-4-5-14(7-8)9-2-3-10(11)13-6-9/h2-3,6,8,12H,4-5,7H2,1H3,(H2,11,13). The number of nitrogens with one attached hydrogen (secondary N) is 1. The summed E-state index contributed by atoms with van der Waals surface area (Å²) in [7, 11) is 2.01. The van der Waals surface area contributed by atoms with E-state index in [1.54, 1.807) is 0 Å². The molecule has 0 aliphatic carbocycles. The zero-order valence-corrected chi connectivity index (χ0v) is 8.40. The number of nitrogens with zero attached hydrogens (tertiary/aromatic N) is 2. The number of likely N-dealkylation sites (N-methyl/N-ethyl adjacent to an activating group) is 1. The van der Waals surface area contributed by atoms with Gasteiger partial charge in [0.25, 0.3) is 0 Å². The van der Waals surface area contributed by atoms with Crippen LogP contribution >= 0.6 is 0 Å². The number of aromatic nitrogens is 1. The van der Waals surface area contributed by atoms with Gasteiger partial charge in [-0.15, -0.1) is 0 Å². The Labute approximate surface area is 84.1 Å². The van der Waals surface area contributed by atoms with Crippen LogP contribution in [-0.4, -0.2) is 31.2 Å². The highest BCUT2D eigenvalue weighted by atomic mass is 15.2. The number of pyridine rings is 1. The predicted octanol–water partition coefficient (Wildman–Crippen LogP) is 0.462. The molecule has 0 bridgehead atoms. The van der Waals surface area contributed by atoms with Crippen LogP contribution in [0.25, 0.3) is 0 Å². The molecule has 1 unspecified atom stereocenters. The number of anilines is 2. The van der Waals surface area contributed by atoms with Crippen molar-refractivity contribution in [2.45, 2.75) is 12.5 Å². The summed E-state index contributed by atoms with van der Waals surface area (Å²) in [6.45, 7) is 2.15. The van der Waals surface area contributed by atoms with Gasteiger partial charge >= 0.3 is 0 Å². The second-order valence-electron chi connectivity index (χ2n) is 3.66. The first-order valence-corrected chi connectivity index (χ1v) is 4.93. The largest absolute Gasteiger partial charge is 0.384 e. The lowest BCUT2D eigenvalue weighted by atomic mass is 10.3. The van der Waals surface area contributed by atoms with Gasteiger partial charge in [0.15, 0.2) is 0 Å². The fourth-order valence-electron chi connectivity index (χ4n) is 1.81. The van der Waals surface area contributed by atoms with E-state index >= 15 is 0 Å². The van der Waals surface area contributed by atoms with Gasteiger partial charge in [-0.25, -0.2) is 4.98 Å². The Bertz CT molecular complexity index is 295. The minimum absolute atomic E-state index is 0.582. The topological polar surface area (TPSA) is 54.2 Å². The molecule has 0 amide bonds. The van der Waals surface area contributed by atoms with E-state index < -0.39 is 0 Å². The van der Waals surface area contributed by atoms with Gasteiger partial charge in [-0.1, -0.05) is 0 Å². The van der Waals surface area contributed by atoms with Gasteiger partial charge in [-0.05, 0) is 25.6 Å². The quantitative estimate of drug-likeness (QED) is 0.715. The monoisotopic (exact) mass is 192 g/mol. The van der Waals surface area contributed by atoms with Gasteiger partial charge in [-0.3, -0.25) is 0 Å². The van der Waals surface area contributed by atoms with Crippen LogP contribution in [0, 0.1) is 0 Å². The van der Waals surface area contributed by atoms with Crippen molar-refractivity contribution in [1.29, 1.82) is 0 Å². The minimum atomic E-state index is 0.582. The van der Waals surface area contributed by atoms with Gasteiger partial charge < -0.3 is 16.0 Å². The lowest BCUT2D eigenvalue weighted by Crippen LogP contribution is -2.29. The summed E-state index contributed by atoms with van der Waals surface area (Å²) >= 11 is 0. The maximum Gasteiger partial charge on any atom is 0.123 e. The molecule has 1 aliphatic heterocycles. The summed E-state index contributed by atoms with van der Waals surface area (Å²) in [6, 6.07) is 4.48. The predicted molar refractivity (Wildman–Crippen MR) is 58.3 cm³/mol. The summed E-state index contributed by atoms with van der Waals surface area (Å²) in [4.78, 5) is 6.42. The normalized spacial score (nSPS) is 21.5. The van der Waals surface area contributed by atoms with Crippen LogP contribution in [0.5, 0.6) is 0 Å². The molecule has 76 valence electrons. The molecule has 0 spiro atoms. The first kappa shape index (κ1) is 9.27. The fraction of sp³-hybridized carbons (Fsp3) is 0.500. The van der Waals surface area contributed by atoms with E-state index in [2.05, 4.69) is 15.2 Å². The van der Waals surface area contributed by atoms with E-state index in [9.17, 15) is 0 Å². The van der Waals surface area contributed by atoms with Gasteiger partial charge in [0, 0.05) is 19.1 Å². The lowest BCUT2D eigenvalue weighted by Gasteiger charge is -2.17. The fourth-order valence-corrected chi connectivity index (χ4v) is 1.81. The summed E-state index contributed by atoms with van der Waals surface area (Å²) in [5.41, 5.74) is 6.70. The summed E-state index contributed by atoms with van der Waals surface area (Å²) < 4.78 is 0. The van der Waals surface area contributed by atoms with Crippen molar-refractivity contribution in [2.75, 3.05) is 30.8 Å². The second kappa shape index (κ2) is 3.84. The van der Waals surface area contributed by atoms with Gasteiger partial charge in [-0.2, -0.15) is 0 Å². The number of nitrogens with two attached hydrogens (primary N) is 1. The van der Waals surface area contributed by atoms with Crippen LogP contribution in [0.15, 0.2) is 18.3 Å². The van der Waals surface area contributed by atoms with Gasteiger partial charge in [0.1, 0.15) is 5.82 Å². The molecule has 1 saturated heterocycles. The smallest absolute Gasteiger partial charge is 0.123 e. The molecule has 4 heteroatoms. The van der Waals surface area contributed by atoms with Gasteiger partial charge in [0.05, 0.1) is 11.9 Å². The Balaban J connectivity index is 2.06. The first-order valence-electron chi connectivity index (χ1n) is 4.93. The van der Waals surface area contributed by atoms with Crippen molar-refractivity contribution in [3.05, 3.63) is 18.3 Å². The van der Waals surface area contributed by atoms with E-state index in [1.165, 1.54) is 6.42 Å². The van der Waals surface area contributed by atoms with Crippen LogP contribution in [0.3, 0.4) is 0 Å². The molecule has 3 N–H and O–H groups in total. The number of rotatable bonds is 2. The van der Waals surface area contributed by atoms with Crippen molar-refractivity contribution in [3.63, 3.8) is 0 Å². The first-order chi connectivity index (χ1) is 6.79. The van der Waals surface area contributed by atoms with E-state index in [0.717, 1.165) is 18.8 Å². The summed E-state index contributed by atoms with van der Waals surface area (Å²) in [5.74, 6) is 0.582. The van der Waals surface area contributed by atoms with Crippen LogP contribution in [-0.2, 0) is 0 Å². The second-order valence-corrected chi connectivity index (χ2v) is 3.66. The molecule has 0 saturated carbocycles. The third-order valence-corrected chi connectivity index (χ3v) is 2.73. The third kappa shape index (κ3) is 1.80. The lowest BCUT2D eigenvalue weighted by molar-refractivity contribution is 0.617. The molecule has 0 radical (unpaired) electrons. The molecule has 2 heterocycles. The van der Waals surface area contributed by atoms with Crippen molar-refractivity contribution in [2.24, 2.45) is 0 Å². The molecule has 2 rings (SSSR count). The molecular formula is C10H16N4. The third-order valence-electron chi connectivity index (χ3n) is 2.73. The Morgan fingerprint density at radius 3 is 3.00 bits per heavy atom. The molecule has 1 fully saturated rings. The van der Waals surface area contributed by atoms with Crippen molar-refractivity contribution < 1.29 is 0 Å². The average Bonchev–Trinajstić information content (AvgIpc) is 2.67. The van der Waals surface area contributed by atoms with Crippen LogP contribution in [0.4, 0.5) is 11.5 Å². The van der Waals surface area contributed by atoms with Crippen molar-refractivity contribution >= 4 is 11.5 Å². The zero-order valence-electron chi connectivity index (χ0n) is 8.40. The van der Waals surface area contributed by atoms with E-state index in [0.29, 0.717) is 11.9 Å². The highest BCUT2D eigenvalue weighted by Crippen LogP contribution is 2.19. The summed E-state index contributed by atoms with van der Waals surface area (Å²) in [6.07, 6.45) is 3.04. The Hall–Kier alpha value is -1.29. The maximum atomic E-state index is 5.54. The van der Waals surface area contributed by atoms with Crippen LogP contribution in [0.2, 0.25) is 0 Å². The highest BCUT2D eigenvalue weighted by molar-refractivity contribution is 5.48. The SMILES string of the molecule is CNC1CCN(c2ccc(N)nc2)C1. The highest BCUT2D eigenvalue weighted by Gasteiger charge is 2.20. The molecular weight excluding hydrogens is 176 g/mol. The Morgan fingerprint density at radius 2 is 2.43 bits per heavy atom. The van der Waals surface area contributed by atoms with E-state index in [1.807, 2.05) is 25.4 Å².